The Hall–Kier alpha value is -4.77. The summed E-state index contributed by atoms with van der Waals surface area (Å²) in [6, 6.07) is 42.4. The Kier molecular flexibility index (Phi) is 14.0. The van der Waals surface area contributed by atoms with E-state index < -0.39 is 0 Å². The van der Waals surface area contributed by atoms with Gasteiger partial charge in [0.2, 0.25) is 0 Å². The summed E-state index contributed by atoms with van der Waals surface area (Å²) in [6.45, 7) is 0.893. The number of aliphatic hydroxyl groups is 2. The third kappa shape index (κ3) is 10.9. The first kappa shape index (κ1) is 37.5. The van der Waals surface area contributed by atoms with Crippen LogP contribution < -0.4 is 15.4 Å². The number of ether oxygens (including phenoxy) is 1. The molecule has 0 aliphatic rings. The largest absolute Gasteiger partial charge is 0.508 e. The molecule has 6 N–H and O–H groups in total. The van der Waals surface area contributed by atoms with Gasteiger partial charge in [0.25, 0.3) is 0 Å². The molecule has 0 spiro atoms. The van der Waals surface area contributed by atoms with E-state index in [4.69, 9.17) is 16.3 Å². The van der Waals surface area contributed by atoms with Crippen molar-refractivity contribution in [3.8, 4) is 17.2 Å². The van der Waals surface area contributed by atoms with E-state index >= 15 is 0 Å². The Balaban J connectivity index is 0.000000198. The monoisotopic (exact) mass is 738 g/mol. The van der Waals surface area contributed by atoms with Crippen LogP contribution in [0.15, 0.2) is 153 Å². The molecule has 6 aromatic carbocycles. The van der Waals surface area contributed by atoms with Gasteiger partial charge in [-0.15, -0.1) is 0 Å². The molecule has 0 aromatic heterocycles. The molecule has 0 unspecified atom stereocenters. The lowest BCUT2D eigenvalue weighted by molar-refractivity contribution is 0.275. The predicted molar refractivity (Wildman–Crippen MR) is 208 cm³/mol. The van der Waals surface area contributed by atoms with E-state index in [1.807, 2.05) is 72.8 Å². The van der Waals surface area contributed by atoms with Crippen LogP contribution in [0.2, 0.25) is 5.02 Å². The van der Waals surface area contributed by atoms with Crippen LogP contribution in [0, 0.1) is 0 Å². The number of halogens is 1. The number of methoxy groups -OCH3 is 1. The van der Waals surface area contributed by atoms with Crippen LogP contribution in [0.4, 0.5) is 11.4 Å². The fourth-order valence-corrected chi connectivity index (χ4v) is 7.12. The quantitative estimate of drug-likeness (QED) is 0.0645. The normalized spacial score (nSPS) is 10.6. The molecule has 0 heterocycles. The molecule has 7 nitrogen and oxygen atoms in total. The SMILES string of the molecule is COc1ccc(Sc2ccccc2CNc2ccc(O)c(CO)c2)cc1.OCc1cc(NCc2ccccc2Sc2ccccc2Cl)ccc1O. The van der Waals surface area contributed by atoms with Crippen LogP contribution in [-0.2, 0) is 26.3 Å². The number of nitrogens with one attached hydrogen (secondary N) is 2. The van der Waals surface area contributed by atoms with Gasteiger partial charge in [0.1, 0.15) is 17.2 Å². The minimum absolute atomic E-state index is 0.0997. The first-order chi connectivity index (χ1) is 24.9. The topological polar surface area (TPSA) is 114 Å². The Morgan fingerprint density at radius 3 is 1.51 bits per heavy atom. The molecular weight excluding hydrogens is 700 g/mol. The maximum Gasteiger partial charge on any atom is 0.121 e. The number of benzene rings is 6. The van der Waals surface area contributed by atoms with Gasteiger partial charge < -0.3 is 35.8 Å². The average molecular weight is 739 g/mol. The summed E-state index contributed by atoms with van der Waals surface area (Å²) in [4.78, 5) is 4.46. The fourth-order valence-electron chi connectivity index (χ4n) is 4.95. The maximum absolute atomic E-state index is 9.67. The lowest BCUT2D eigenvalue weighted by Crippen LogP contribution is -2.01. The standard InChI is InChI=1S/C21H21NO3S.C20H18ClNO2S/c1-25-18-7-9-19(10-8-18)26-21-5-3-2-4-15(21)13-22-17-6-11-20(24)16(12-17)14-23;21-17-6-2-4-8-20(17)25-19-7-3-1-5-14(19)12-22-16-9-10-18(24)15(11-16)13-23/h2-12,22-24H,13-14H2,1H3;1-11,22-24H,12-13H2. The molecule has 0 saturated carbocycles. The maximum atomic E-state index is 9.67. The molecule has 0 fully saturated rings. The van der Waals surface area contributed by atoms with Crippen molar-refractivity contribution in [3.05, 3.63) is 161 Å². The molecule has 0 bridgehead atoms. The minimum atomic E-state index is -0.194. The van der Waals surface area contributed by atoms with Crippen molar-refractivity contribution < 1.29 is 25.2 Å². The third-order valence-corrected chi connectivity index (χ3v) is 10.5. The van der Waals surface area contributed by atoms with Crippen molar-refractivity contribution in [1.82, 2.24) is 0 Å². The second-order valence-corrected chi connectivity index (χ2v) is 13.8. The third-order valence-electron chi connectivity index (χ3n) is 7.75. The lowest BCUT2D eigenvalue weighted by atomic mass is 10.1. The van der Waals surface area contributed by atoms with E-state index in [1.54, 1.807) is 67.0 Å². The summed E-state index contributed by atoms with van der Waals surface area (Å²) in [7, 11) is 1.66. The minimum Gasteiger partial charge on any atom is -0.508 e. The van der Waals surface area contributed by atoms with Crippen molar-refractivity contribution in [3.63, 3.8) is 0 Å². The van der Waals surface area contributed by atoms with E-state index in [0.717, 1.165) is 42.4 Å². The van der Waals surface area contributed by atoms with Gasteiger partial charge in [0, 0.05) is 55.2 Å². The Labute approximate surface area is 311 Å². The molecule has 0 amide bonds. The van der Waals surface area contributed by atoms with Gasteiger partial charge in [-0.2, -0.15) is 0 Å². The van der Waals surface area contributed by atoms with Crippen LogP contribution >= 0.6 is 35.1 Å². The molecule has 6 aromatic rings. The van der Waals surface area contributed by atoms with E-state index in [2.05, 4.69) is 34.9 Å². The van der Waals surface area contributed by atoms with E-state index in [-0.39, 0.29) is 24.7 Å². The van der Waals surface area contributed by atoms with Gasteiger partial charge in [0.05, 0.1) is 25.3 Å². The number of anilines is 2. The zero-order valence-electron chi connectivity index (χ0n) is 27.9. The van der Waals surface area contributed by atoms with Crippen LogP contribution in [0.5, 0.6) is 17.2 Å². The molecule has 0 saturated heterocycles. The van der Waals surface area contributed by atoms with Gasteiger partial charge in [-0.05, 0) is 96.1 Å². The smallest absolute Gasteiger partial charge is 0.121 e. The summed E-state index contributed by atoms with van der Waals surface area (Å²) in [5.41, 5.74) is 5.04. The molecule has 10 heteroatoms. The van der Waals surface area contributed by atoms with Gasteiger partial charge in [-0.25, -0.2) is 0 Å². The highest BCUT2D eigenvalue weighted by Gasteiger charge is 2.09. The summed E-state index contributed by atoms with van der Waals surface area (Å²) < 4.78 is 5.20. The van der Waals surface area contributed by atoms with Crippen LogP contribution in [0.1, 0.15) is 22.3 Å². The van der Waals surface area contributed by atoms with E-state index in [1.165, 1.54) is 10.5 Å². The Morgan fingerprint density at radius 2 is 1.02 bits per heavy atom. The highest BCUT2D eigenvalue weighted by atomic mass is 35.5. The van der Waals surface area contributed by atoms with Crippen molar-refractivity contribution in [2.24, 2.45) is 0 Å². The van der Waals surface area contributed by atoms with E-state index in [9.17, 15) is 20.4 Å². The molecule has 51 heavy (non-hydrogen) atoms. The Morgan fingerprint density at radius 1 is 0.549 bits per heavy atom. The number of aliphatic hydroxyl groups excluding tert-OH is 2. The number of hydrogen-bond donors (Lipinski definition) is 6. The summed E-state index contributed by atoms with van der Waals surface area (Å²) >= 11 is 9.60. The number of aromatic hydroxyl groups is 2. The van der Waals surface area contributed by atoms with Gasteiger partial charge in [-0.1, -0.05) is 83.7 Å². The van der Waals surface area contributed by atoms with Gasteiger partial charge in [-0.3, -0.25) is 0 Å². The highest BCUT2D eigenvalue weighted by Crippen LogP contribution is 2.36. The van der Waals surface area contributed by atoms with Crippen molar-refractivity contribution in [2.45, 2.75) is 45.9 Å². The van der Waals surface area contributed by atoms with Crippen LogP contribution in [0.25, 0.3) is 0 Å². The molecule has 0 aliphatic carbocycles. The zero-order valence-corrected chi connectivity index (χ0v) is 30.3. The number of hydrogen-bond acceptors (Lipinski definition) is 9. The van der Waals surface area contributed by atoms with Gasteiger partial charge in [0.15, 0.2) is 0 Å². The fraction of sp³-hybridized carbons (Fsp3) is 0.122. The molecule has 0 radical (unpaired) electrons. The molecule has 6 rings (SSSR count). The van der Waals surface area contributed by atoms with Gasteiger partial charge >= 0.3 is 0 Å². The summed E-state index contributed by atoms with van der Waals surface area (Å²) in [5.74, 6) is 1.05. The zero-order chi connectivity index (χ0) is 36.0. The number of rotatable bonds is 13. The molecule has 262 valence electrons. The van der Waals surface area contributed by atoms with Crippen LogP contribution in [0.3, 0.4) is 0 Å². The average Bonchev–Trinajstić information content (AvgIpc) is 3.16. The van der Waals surface area contributed by atoms with Crippen molar-refractivity contribution in [2.75, 3.05) is 17.7 Å². The lowest BCUT2D eigenvalue weighted by Gasteiger charge is -2.13. The van der Waals surface area contributed by atoms with Crippen molar-refractivity contribution in [1.29, 1.82) is 0 Å². The first-order valence-corrected chi connectivity index (χ1v) is 18.1. The second kappa shape index (κ2) is 19.0. The van der Waals surface area contributed by atoms with E-state index in [0.29, 0.717) is 24.2 Å². The second-order valence-electron chi connectivity index (χ2n) is 11.2. The predicted octanol–water partition coefficient (Wildman–Crippen LogP) is 9.96. The summed E-state index contributed by atoms with van der Waals surface area (Å²) in [5, 5.41) is 45.3. The molecule has 0 aliphatic heterocycles. The highest BCUT2D eigenvalue weighted by molar-refractivity contribution is 7.99. The molecule has 0 atom stereocenters. The van der Waals surface area contributed by atoms with Crippen LogP contribution in [-0.4, -0.2) is 27.5 Å². The number of phenols is 2. The first-order valence-electron chi connectivity index (χ1n) is 16.1. The summed E-state index contributed by atoms with van der Waals surface area (Å²) in [6.07, 6.45) is 0. The Bertz CT molecular complexity index is 2030. The van der Waals surface area contributed by atoms with Crippen molar-refractivity contribution >= 4 is 46.5 Å². The molecular formula is C41H39ClN2O5S2.